The van der Waals surface area contributed by atoms with Crippen LogP contribution in [-0.2, 0) is 0 Å². The number of nitrogens with zero attached hydrogens (tertiary/aromatic N) is 2. The lowest BCUT2D eigenvalue weighted by Gasteiger charge is -2.29. The summed E-state index contributed by atoms with van der Waals surface area (Å²) < 4.78 is 0. The predicted octanol–water partition coefficient (Wildman–Crippen LogP) is 0.948. The molecule has 3 N–H and O–H groups in total. The summed E-state index contributed by atoms with van der Waals surface area (Å²) in [5.41, 5.74) is 0.941. The van der Waals surface area contributed by atoms with E-state index in [1.807, 2.05) is 0 Å². The Hall–Kier alpha value is -1.11. The summed E-state index contributed by atoms with van der Waals surface area (Å²) in [6.45, 7) is 4.99. The average molecular weight is 301 g/mol. The van der Waals surface area contributed by atoms with Gasteiger partial charge in [0.1, 0.15) is 0 Å². The molecule has 2 rings (SSSR count). The van der Waals surface area contributed by atoms with Crippen molar-refractivity contribution in [1.82, 2.24) is 20.4 Å². The normalized spacial score (nSPS) is 20.1. The number of aliphatic hydroxyl groups excluding tert-OH is 1. The summed E-state index contributed by atoms with van der Waals surface area (Å²) in [7, 11) is 0. The van der Waals surface area contributed by atoms with Crippen molar-refractivity contribution in [3.63, 3.8) is 0 Å². The third kappa shape index (κ3) is 3.94. The molecule has 1 aromatic heterocycles. The number of carbonyl (C=O) groups is 1. The van der Waals surface area contributed by atoms with E-state index in [0.717, 1.165) is 38.9 Å². The van der Waals surface area contributed by atoms with Crippen molar-refractivity contribution in [2.75, 3.05) is 26.2 Å². The molecule has 0 spiro atoms. The van der Waals surface area contributed by atoms with E-state index in [2.05, 4.69) is 20.4 Å². The minimum atomic E-state index is -0.252. The molecule has 1 aliphatic heterocycles. The first-order valence-electron chi connectivity index (χ1n) is 6.97. The monoisotopic (exact) mass is 300 g/mol. The van der Waals surface area contributed by atoms with Gasteiger partial charge in [-0.05, 0) is 39.3 Å². The molecule has 0 aliphatic carbocycles. The first kappa shape index (κ1) is 15.3. The molecule has 112 valence electrons. The second-order valence-electron chi connectivity index (χ2n) is 5.22. The van der Waals surface area contributed by atoms with E-state index in [4.69, 9.17) is 11.6 Å². The Kier molecular flexibility index (Phi) is 5.39. The number of hydrogen-bond donors (Lipinski definition) is 3. The molecular formula is C13H21ClN4O2. The number of halogens is 1. The standard InChI is InChI=1S/C13H21ClN4O2/c1-9-11(14)12(17-16-9)13(20)15-5-3-7-18-6-2-4-10(19)8-18/h10,19H,2-8H2,1H3,(H,15,20)(H,16,17)/t10-/m0/s1. The van der Waals surface area contributed by atoms with E-state index in [0.29, 0.717) is 17.3 Å². The number of nitrogens with one attached hydrogen (secondary N) is 2. The van der Waals surface area contributed by atoms with Gasteiger partial charge >= 0.3 is 0 Å². The average Bonchev–Trinajstić information content (AvgIpc) is 2.75. The van der Waals surface area contributed by atoms with E-state index in [9.17, 15) is 9.90 Å². The maximum absolute atomic E-state index is 11.9. The second-order valence-corrected chi connectivity index (χ2v) is 5.60. The van der Waals surface area contributed by atoms with Crippen molar-refractivity contribution in [1.29, 1.82) is 0 Å². The van der Waals surface area contributed by atoms with Gasteiger partial charge in [0, 0.05) is 13.1 Å². The lowest BCUT2D eigenvalue weighted by molar-refractivity contribution is 0.0697. The first-order valence-corrected chi connectivity index (χ1v) is 7.35. The van der Waals surface area contributed by atoms with Crippen molar-refractivity contribution in [2.45, 2.75) is 32.3 Å². The highest BCUT2D eigenvalue weighted by molar-refractivity contribution is 6.34. The Morgan fingerprint density at radius 3 is 3.10 bits per heavy atom. The van der Waals surface area contributed by atoms with E-state index in [-0.39, 0.29) is 17.7 Å². The lowest BCUT2D eigenvalue weighted by Crippen LogP contribution is -2.39. The fraction of sp³-hybridized carbons (Fsp3) is 0.692. The van der Waals surface area contributed by atoms with Crippen LogP contribution in [0, 0.1) is 6.92 Å². The molecule has 2 heterocycles. The van der Waals surface area contributed by atoms with E-state index >= 15 is 0 Å². The number of amides is 1. The Balaban J connectivity index is 1.68. The van der Waals surface area contributed by atoms with E-state index in [1.54, 1.807) is 6.92 Å². The van der Waals surface area contributed by atoms with Gasteiger partial charge < -0.3 is 15.3 Å². The fourth-order valence-corrected chi connectivity index (χ4v) is 2.56. The van der Waals surface area contributed by atoms with Crippen molar-refractivity contribution >= 4 is 17.5 Å². The number of aromatic amines is 1. The number of piperidine rings is 1. The van der Waals surface area contributed by atoms with Gasteiger partial charge in [-0.1, -0.05) is 11.6 Å². The molecule has 7 heteroatoms. The number of aryl methyl sites for hydroxylation is 1. The molecule has 6 nitrogen and oxygen atoms in total. The molecule has 1 amide bonds. The van der Waals surface area contributed by atoms with Gasteiger partial charge in [0.05, 0.1) is 16.8 Å². The summed E-state index contributed by atoms with van der Waals surface area (Å²) in [5, 5.41) is 19.3. The van der Waals surface area contributed by atoms with Crippen LogP contribution in [-0.4, -0.2) is 58.4 Å². The largest absolute Gasteiger partial charge is 0.392 e. The number of hydrogen-bond acceptors (Lipinski definition) is 4. The maximum atomic E-state index is 11.9. The van der Waals surface area contributed by atoms with Crippen LogP contribution in [0.2, 0.25) is 5.02 Å². The molecule has 0 aromatic carbocycles. The third-order valence-corrected chi connectivity index (χ3v) is 3.97. The van der Waals surface area contributed by atoms with Gasteiger partial charge in [0.15, 0.2) is 5.69 Å². The number of β-amino-alcohol motifs (C(OH)–C–C–N with tert-alkyl or cyclic N) is 1. The van der Waals surface area contributed by atoms with Crippen molar-refractivity contribution in [2.24, 2.45) is 0 Å². The number of likely N-dealkylation sites (tertiary alicyclic amines) is 1. The van der Waals surface area contributed by atoms with Crippen LogP contribution in [0.4, 0.5) is 0 Å². The van der Waals surface area contributed by atoms with Crippen molar-refractivity contribution in [3.8, 4) is 0 Å². The van der Waals surface area contributed by atoms with Crippen LogP contribution in [0.15, 0.2) is 0 Å². The second kappa shape index (κ2) is 7.06. The first-order chi connectivity index (χ1) is 9.58. The van der Waals surface area contributed by atoms with Gasteiger partial charge in [-0.2, -0.15) is 5.10 Å². The molecular weight excluding hydrogens is 280 g/mol. The summed E-state index contributed by atoms with van der Waals surface area (Å²) in [5.74, 6) is -0.252. The molecule has 1 saturated heterocycles. The van der Waals surface area contributed by atoms with Gasteiger partial charge in [-0.25, -0.2) is 0 Å². The summed E-state index contributed by atoms with van der Waals surface area (Å²) in [6, 6.07) is 0. The minimum Gasteiger partial charge on any atom is -0.392 e. The Labute approximate surface area is 123 Å². The van der Waals surface area contributed by atoms with Gasteiger partial charge in [-0.3, -0.25) is 9.89 Å². The Morgan fingerprint density at radius 1 is 1.65 bits per heavy atom. The highest BCUT2D eigenvalue weighted by Gasteiger charge is 2.18. The predicted molar refractivity (Wildman–Crippen MR) is 77.0 cm³/mol. The summed E-state index contributed by atoms with van der Waals surface area (Å²) in [4.78, 5) is 14.1. The summed E-state index contributed by atoms with van der Waals surface area (Å²) in [6.07, 6.45) is 2.57. The van der Waals surface area contributed by atoms with Crippen LogP contribution in [0.1, 0.15) is 35.4 Å². The molecule has 1 aliphatic rings. The van der Waals surface area contributed by atoms with E-state index < -0.39 is 0 Å². The third-order valence-electron chi connectivity index (χ3n) is 3.50. The topological polar surface area (TPSA) is 81.2 Å². The van der Waals surface area contributed by atoms with Crippen LogP contribution >= 0.6 is 11.6 Å². The zero-order valence-corrected chi connectivity index (χ0v) is 12.4. The molecule has 20 heavy (non-hydrogen) atoms. The number of H-pyrrole nitrogens is 1. The Morgan fingerprint density at radius 2 is 2.45 bits per heavy atom. The van der Waals surface area contributed by atoms with Gasteiger partial charge in [-0.15, -0.1) is 0 Å². The van der Waals surface area contributed by atoms with Crippen LogP contribution in [0.5, 0.6) is 0 Å². The number of rotatable bonds is 5. The SMILES string of the molecule is Cc1[nH]nc(C(=O)NCCCN2CCC[C@H](O)C2)c1Cl. The van der Waals surface area contributed by atoms with Gasteiger partial charge in [0.2, 0.25) is 0 Å². The quantitative estimate of drug-likeness (QED) is 0.707. The molecule has 0 radical (unpaired) electrons. The summed E-state index contributed by atoms with van der Waals surface area (Å²) >= 11 is 5.96. The number of carbonyl (C=O) groups excluding carboxylic acids is 1. The number of aliphatic hydroxyl groups is 1. The highest BCUT2D eigenvalue weighted by atomic mass is 35.5. The van der Waals surface area contributed by atoms with E-state index in [1.165, 1.54) is 0 Å². The van der Waals surface area contributed by atoms with Crippen LogP contribution in [0.3, 0.4) is 0 Å². The van der Waals surface area contributed by atoms with Crippen molar-refractivity contribution in [3.05, 3.63) is 16.4 Å². The van der Waals surface area contributed by atoms with Gasteiger partial charge in [0.25, 0.3) is 5.91 Å². The molecule has 0 saturated carbocycles. The zero-order chi connectivity index (χ0) is 14.5. The molecule has 1 aromatic rings. The Bertz CT molecular complexity index is 463. The van der Waals surface area contributed by atoms with Crippen LogP contribution in [0.25, 0.3) is 0 Å². The molecule has 0 unspecified atom stereocenters. The van der Waals surface area contributed by atoms with Crippen molar-refractivity contribution < 1.29 is 9.90 Å². The molecule has 1 atom stereocenters. The number of aromatic nitrogens is 2. The maximum Gasteiger partial charge on any atom is 0.273 e. The zero-order valence-electron chi connectivity index (χ0n) is 11.7. The van der Waals surface area contributed by atoms with Crippen LogP contribution < -0.4 is 5.32 Å². The smallest absolute Gasteiger partial charge is 0.273 e. The highest BCUT2D eigenvalue weighted by Crippen LogP contribution is 2.16. The minimum absolute atomic E-state index is 0.204. The molecule has 0 bridgehead atoms. The molecule has 1 fully saturated rings. The lowest BCUT2D eigenvalue weighted by atomic mass is 10.1. The fourth-order valence-electron chi connectivity index (χ4n) is 2.39.